The van der Waals surface area contributed by atoms with E-state index in [0.717, 1.165) is 0 Å². The van der Waals surface area contributed by atoms with Crippen LogP contribution < -0.4 is 30.4 Å². The van der Waals surface area contributed by atoms with Crippen molar-refractivity contribution in [3.05, 3.63) is 58.6 Å². The van der Waals surface area contributed by atoms with E-state index in [2.05, 4.69) is 16.2 Å². The van der Waals surface area contributed by atoms with Crippen LogP contribution in [0.3, 0.4) is 0 Å². The maximum atomic E-state index is 12.4. The number of hydrazine groups is 1. The van der Waals surface area contributed by atoms with Gasteiger partial charge in [0, 0.05) is 16.7 Å². The summed E-state index contributed by atoms with van der Waals surface area (Å²) in [6, 6.07) is 10.0. The molecule has 0 saturated heterocycles. The summed E-state index contributed by atoms with van der Waals surface area (Å²) in [4.78, 5) is 24.4. The molecule has 0 saturated carbocycles. The van der Waals surface area contributed by atoms with E-state index in [-0.39, 0.29) is 10.7 Å². The minimum absolute atomic E-state index is 0.0930. The van der Waals surface area contributed by atoms with Crippen molar-refractivity contribution in [2.24, 2.45) is 0 Å². The number of rotatable bonds is 6. The third-order valence-electron chi connectivity index (χ3n) is 3.77. The van der Waals surface area contributed by atoms with Gasteiger partial charge in [-0.25, -0.2) is 0 Å². The SMILES string of the molecule is COc1cc(C(=O)NNC(=S)NC(=O)/C=C/c2ccccc2Cl)cc(OC)c1OC. The van der Waals surface area contributed by atoms with E-state index in [1.54, 1.807) is 30.3 Å². The van der Waals surface area contributed by atoms with Crippen LogP contribution in [0.5, 0.6) is 17.2 Å². The van der Waals surface area contributed by atoms with Crippen LogP contribution in [-0.4, -0.2) is 38.3 Å². The Morgan fingerprint density at radius 2 is 1.63 bits per heavy atom. The summed E-state index contributed by atoms with van der Waals surface area (Å²) in [7, 11) is 4.35. The standard InChI is InChI=1S/C20H20ClN3O5S/c1-27-15-10-13(11-16(28-2)18(15)29-3)19(26)23-24-20(30)22-17(25)9-8-12-6-4-5-7-14(12)21/h4-11H,1-3H3,(H,23,26)(H2,22,24,25,30)/b9-8+. The second kappa shape index (κ2) is 11.0. The minimum atomic E-state index is -0.530. The van der Waals surface area contributed by atoms with Gasteiger partial charge in [0.1, 0.15) is 0 Å². The Kier molecular flexibility index (Phi) is 8.45. The molecule has 0 fully saturated rings. The average molecular weight is 450 g/mol. The second-order valence-corrected chi connectivity index (χ2v) is 6.48. The topological polar surface area (TPSA) is 97.9 Å². The molecule has 0 heterocycles. The van der Waals surface area contributed by atoms with Crippen molar-refractivity contribution in [2.75, 3.05) is 21.3 Å². The summed E-state index contributed by atoms with van der Waals surface area (Å²) >= 11 is 11.0. The monoisotopic (exact) mass is 449 g/mol. The number of thiocarbonyl (C=S) groups is 1. The summed E-state index contributed by atoms with van der Waals surface area (Å²) in [6.45, 7) is 0. The Labute approximate surface area is 184 Å². The van der Waals surface area contributed by atoms with Crippen LogP contribution in [-0.2, 0) is 4.79 Å². The second-order valence-electron chi connectivity index (χ2n) is 5.67. The van der Waals surface area contributed by atoms with Crippen LogP contribution in [0.4, 0.5) is 0 Å². The lowest BCUT2D eigenvalue weighted by Gasteiger charge is -2.14. The van der Waals surface area contributed by atoms with Gasteiger partial charge in [-0.05, 0) is 42.1 Å². The molecule has 2 rings (SSSR count). The first-order chi connectivity index (χ1) is 14.4. The van der Waals surface area contributed by atoms with Crippen molar-refractivity contribution in [2.45, 2.75) is 0 Å². The number of methoxy groups -OCH3 is 3. The Morgan fingerprint density at radius 3 is 2.20 bits per heavy atom. The molecule has 0 atom stereocenters. The van der Waals surface area contributed by atoms with E-state index in [4.69, 9.17) is 38.0 Å². The fraction of sp³-hybridized carbons (Fsp3) is 0.150. The van der Waals surface area contributed by atoms with Crippen molar-refractivity contribution in [1.82, 2.24) is 16.2 Å². The number of ether oxygens (including phenoxy) is 3. The molecule has 0 aromatic heterocycles. The van der Waals surface area contributed by atoms with Gasteiger partial charge >= 0.3 is 0 Å². The van der Waals surface area contributed by atoms with E-state index in [0.29, 0.717) is 27.8 Å². The molecule has 30 heavy (non-hydrogen) atoms. The molecule has 0 aliphatic carbocycles. The van der Waals surface area contributed by atoms with Crippen molar-refractivity contribution >= 4 is 46.8 Å². The van der Waals surface area contributed by atoms with Gasteiger partial charge in [-0.15, -0.1) is 0 Å². The Bertz CT molecular complexity index is 956. The summed E-state index contributed by atoms with van der Waals surface area (Å²) in [6.07, 6.45) is 2.82. The zero-order valence-electron chi connectivity index (χ0n) is 16.4. The first kappa shape index (κ1) is 23.0. The van der Waals surface area contributed by atoms with E-state index in [1.165, 1.54) is 39.5 Å². The van der Waals surface area contributed by atoms with Crippen molar-refractivity contribution in [3.8, 4) is 17.2 Å². The summed E-state index contributed by atoms with van der Waals surface area (Å²) in [5.41, 5.74) is 5.75. The Hall–Kier alpha value is -3.30. The maximum absolute atomic E-state index is 12.4. The molecular formula is C20H20ClN3O5S. The van der Waals surface area contributed by atoms with E-state index in [9.17, 15) is 9.59 Å². The van der Waals surface area contributed by atoms with Crippen LogP contribution >= 0.6 is 23.8 Å². The van der Waals surface area contributed by atoms with Gasteiger partial charge in [0.2, 0.25) is 11.7 Å². The summed E-state index contributed by atoms with van der Waals surface area (Å²) in [5.74, 6) is -0.0188. The fourth-order valence-corrected chi connectivity index (χ4v) is 2.71. The molecule has 10 heteroatoms. The predicted molar refractivity (Wildman–Crippen MR) is 118 cm³/mol. The van der Waals surface area contributed by atoms with Gasteiger partial charge < -0.3 is 14.2 Å². The minimum Gasteiger partial charge on any atom is -0.493 e. The summed E-state index contributed by atoms with van der Waals surface area (Å²) < 4.78 is 15.6. The third-order valence-corrected chi connectivity index (χ3v) is 4.32. The number of carbonyl (C=O) groups excluding carboxylic acids is 2. The molecular weight excluding hydrogens is 430 g/mol. The number of nitrogens with one attached hydrogen (secondary N) is 3. The van der Waals surface area contributed by atoms with Gasteiger partial charge in [-0.2, -0.15) is 0 Å². The molecule has 2 aromatic rings. The highest BCUT2D eigenvalue weighted by atomic mass is 35.5. The molecule has 8 nitrogen and oxygen atoms in total. The van der Waals surface area contributed by atoms with E-state index in [1.807, 2.05) is 0 Å². The lowest BCUT2D eigenvalue weighted by molar-refractivity contribution is -0.115. The highest BCUT2D eigenvalue weighted by Gasteiger charge is 2.17. The van der Waals surface area contributed by atoms with Gasteiger partial charge in [-0.1, -0.05) is 29.8 Å². The molecule has 3 N–H and O–H groups in total. The molecule has 158 valence electrons. The van der Waals surface area contributed by atoms with Crippen LogP contribution in [0.1, 0.15) is 15.9 Å². The van der Waals surface area contributed by atoms with Crippen molar-refractivity contribution in [3.63, 3.8) is 0 Å². The van der Waals surface area contributed by atoms with Crippen LogP contribution in [0.2, 0.25) is 5.02 Å². The highest BCUT2D eigenvalue weighted by Crippen LogP contribution is 2.38. The van der Waals surface area contributed by atoms with E-state index < -0.39 is 11.8 Å². The number of halogens is 1. The average Bonchev–Trinajstić information content (AvgIpc) is 2.75. The van der Waals surface area contributed by atoms with Crippen LogP contribution in [0, 0.1) is 0 Å². The summed E-state index contributed by atoms with van der Waals surface area (Å²) in [5, 5.41) is 2.83. The molecule has 0 unspecified atom stereocenters. The predicted octanol–water partition coefficient (Wildman–Crippen LogP) is 2.71. The highest BCUT2D eigenvalue weighted by molar-refractivity contribution is 7.80. The smallest absolute Gasteiger partial charge is 0.269 e. The van der Waals surface area contributed by atoms with Crippen LogP contribution in [0.15, 0.2) is 42.5 Å². The normalized spacial score (nSPS) is 10.3. The fourth-order valence-electron chi connectivity index (χ4n) is 2.36. The Morgan fingerprint density at radius 1 is 1.00 bits per heavy atom. The number of hydrogen-bond acceptors (Lipinski definition) is 6. The molecule has 2 aromatic carbocycles. The van der Waals surface area contributed by atoms with Crippen molar-refractivity contribution in [1.29, 1.82) is 0 Å². The Balaban J connectivity index is 1.95. The van der Waals surface area contributed by atoms with Gasteiger partial charge in [0.25, 0.3) is 5.91 Å². The lowest BCUT2D eigenvalue weighted by Crippen LogP contribution is -2.48. The first-order valence-corrected chi connectivity index (χ1v) is 9.32. The molecule has 0 aliphatic heterocycles. The first-order valence-electron chi connectivity index (χ1n) is 8.53. The quantitative estimate of drug-likeness (QED) is 0.354. The van der Waals surface area contributed by atoms with Crippen LogP contribution in [0.25, 0.3) is 6.08 Å². The number of benzene rings is 2. The van der Waals surface area contributed by atoms with Gasteiger partial charge in [0.05, 0.1) is 21.3 Å². The largest absolute Gasteiger partial charge is 0.493 e. The molecule has 0 aliphatic rings. The number of carbonyl (C=O) groups is 2. The molecule has 0 bridgehead atoms. The van der Waals surface area contributed by atoms with E-state index >= 15 is 0 Å². The zero-order chi connectivity index (χ0) is 22.1. The molecule has 0 radical (unpaired) electrons. The maximum Gasteiger partial charge on any atom is 0.269 e. The van der Waals surface area contributed by atoms with Gasteiger partial charge in [-0.3, -0.25) is 25.8 Å². The molecule has 0 spiro atoms. The zero-order valence-corrected chi connectivity index (χ0v) is 18.0. The third kappa shape index (κ3) is 6.10. The van der Waals surface area contributed by atoms with Gasteiger partial charge in [0.15, 0.2) is 16.6 Å². The number of hydrogen-bond donors (Lipinski definition) is 3. The lowest BCUT2D eigenvalue weighted by atomic mass is 10.1. The van der Waals surface area contributed by atoms with Crippen molar-refractivity contribution < 1.29 is 23.8 Å². The molecule has 2 amide bonds. The number of amides is 2.